The minimum absolute atomic E-state index is 0.0392. The van der Waals surface area contributed by atoms with Gasteiger partial charge in [-0.3, -0.25) is 4.79 Å². The van der Waals surface area contributed by atoms with Crippen LogP contribution in [0.2, 0.25) is 0 Å². The number of anilines is 1. The first-order valence-corrected chi connectivity index (χ1v) is 12.6. The first-order valence-electron chi connectivity index (χ1n) is 11.2. The molecule has 0 spiro atoms. The lowest BCUT2D eigenvalue weighted by Crippen LogP contribution is -2.30. The topological polar surface area (TPSA) is 75.7 Å². The minimum atomic E-state index is -3.66. The smallest absolute Gasteiger partial charge is 0.265 e. The fourth-order valence-corrected chi connectivity index (χ4v) is 4.51. The second-order valence-electron chi connectivity index (χ2n) is 9.29. The molecule has 0 aromatic heterocycles. The number of nitrogens with one attached hydrogen (secondary N) is 1. The van der Waals surface area contributed by atoms with Gasteiger partial charge in [0.15, 0.2) is 6.10 Å². The number of carbonyl (C=O) groups is 1. The highest BCUT2D eigenvalue weighted by Crippen LogP contribution is 2.25. The van der Waals surface area contributed by atoms with Crippen molar-refractivity contribution in [2.24, 2.45) is 0 Å². The Balaban J connectivity index is 1.60. The highest BCUT2D eigenvalue weighted by Gasteiger charge is 2.21. The normalized spacial score (nSPS) is 12.9. The second-order valence-corrected chi connectivity index (χ2v) is 11.3. The Morgan fingerprint density at radius 2 is 1.53 bits per heavy atom. The molecule has 3 aromatic rings. The summed E-state index contributed by atoms with van der Waals surface area (Å²) in [7, 11) is -2.11. The second kappa shape index (κ2) is 10.4. The predicted molar refractivity (Wildman–Crippen MR) is 135 cm³/mol. The van der Waals surface area contributed by atoms with Gasteiger partial charge in [-0.15, -0.1) is 0 Å². The fourth-order valence-electron chi connectivity index (χ4n) is 3.35. The van der Waals surface area contributed by atoms with E-state index in [1.54, 1.807) is 26.1 Å². The van der Waals surface area contributed by atoms with Crippen molar-refractivity contribution in [2.45, 2.75) is 50.7 Å². The van der Waals surface area contributed by atoms with E-state index in [9.17, 15) is 13.2 Å². The standard InChI is InChI=1S/C27H32N2O4S/c1-20(33-24-15-11-22(12-16-24)27(2,3)4)26(30)28-23-13-17-25(18-14-23)34(31,32)29(5)19-21-9-7-6-8-10-21/h6-18,20H,19H2,1-5H3,(H,28,30). The zero-order valence-electron chi connectivity index (χ0n) is 20.3. The number of nitrogens with zero attached hydrogens (tertiary/aromatic N) is 1. The van der Waals surface area contributed by atoms with Gasteiger partial charge in [0, 0.05) is 19.3 Å². The molecule has 3 aromatic carbocycles. The first-order chi connectivity index (χ1) is 16.0. The fraction of sp³-hybridized carbons (Fsp3) is 0.296. The zero-order valence-corrected chi connectivity index (χ0v) is 21.1. The lowest BCUT2D eigenvalue weighted by molar-refractivity contribution is -0.122. The molecule has 0 aliphatic carbocycles. The number of amides is 1. The van der Waals surface area contributed by atoms with Crippen LogP contribution in [0.5, 0.6) is 5.75 Å². The van der Waals surface area contributed by atoms with E-state index in [1.807, 2.05) is 54.6 Å². The SMILES string of the molecule is CC(Oc1ccc(C(C)(C)C)cc1)C(=O)Nc1ccc(S(=O)(=O)N(C)Cc2ccccc2)cc1. The molecule has 0 heterocycles. The number of hydrogen-bond donors (Lipinski definition) is 1. The Morgan fingerprint density at radius 3 is 2.09 bits per heavy atom. The summed E-state index contributed by atoms with van der Waals surface area (Å²) < 4.78 is 32.8. The van der Waals surface area contributed by atoms with E-state index in [1.165, 1.54) is 22.0 Å². The average molecular weight is 481 g/mol. The Morgan fingerprint density at radius 1 is 0.941 bits per heavy atom. The number of ether oxygens (including phenoxy) is 1. The van der Waals surface area contributed by atoms with E-state index in [0.717, 1.165) is 5.56 Å². The predicted octanol–water partition coefficient (Wildman–Crippen LogP) is 5.21. The van der Waals surface area contributed by atoms with Gasteiger partial charge in [-0.1, -0.05) is 63.2 Å². The molecular weight excluding hydrogens is 448 g/mol. The van der Waals surface area contributed by atoms with E-state index >= 15 is 0 Å². The molecule has 0 fully saturated rings. The van der Waals surface area contributed by atoms with Crippen molar-refractivity contribution < 1.29 is 17.9 Å². The van der Waals surface area contributed by atoms with Gasteiger partial charge in [0.05, 0.1) is 4.90 Å². The maximum Gasteiger partial charge on any atom is 0.265 e. The molecule has 0 bridgehead atoms. The molecule has 7 heteroatoms. The molecule has 6 nitrogen and oxygen atoms in total. The molecule has 180 valence electrons. The van der Waals surface area contributed by atoms with Gasteiger partial charge in [-0.2, -0.15) is 4.31 Å². The molecule has 0 aliphatic heterocycles. The Hall–Kier alpha value is -3.16. The Bertz CT molecular complexity index is 1200. The van der Waals surface area contributed by atoms with Crippen LogP contribution < -0.4 is 10.1 Å². The molecule has 1 unspecified atom stereocenters. The highest BCUT2D eigenvalue weighted by molar-refractivity contribution is 7.89. The lowest BCUT2D eigenvalue weighted by atomic mass is 9.87. The van der Waals surface area contributed by atoms with Crippen molar-refractivity contribution in [3.63, 3.8) is 0 Å². The summed E-state index contributed by atoms with van der Waals surface area (Å²) in [6, 6.07) is 23.2. The number of benzene rings is 3. The van der Waals surface area contributed by atoms with Crippen LogP contribution in [0.25, 0.3) is 0 Å². The summed E-state index contributed by atoms with van der Waals surface area (Å²) in [5.74, 6) is 0.287. The van der Waals surface area contributed by atoms with Gasteiger partial charge in [-0.05, 0) is 59.9 Å². The van der Waals surface area contributed by atoms with Crippen molar-refractivity contribution in [1.82, 2.24) is 4.31 Å². The van der Waals surface area contributed by atoms with Crippen LogP contribution in [-0.4, -0.2) is 31.8 Å². The summed E-state index contributed by atoms with van der Waals surface area (Å²) >= 11 is 0. The molecule has 1 amide bonds. The van der Waals surface area contributed by atoms with Gasteiger partial charge < -0.3 is 10.1 Å². The molecule has 1 N–H and O–H groups in total. The van der Waals surface area contributed by atoms with E-state index in [2.05, 4.69) is 26.1 Å². The minimum Gasteiger partial charge on any atom is -0.481 e. The van der Waals surface area contributed by atoms with Gasteiger partial charge in [0.1, 0.15) is 5.75 Å². The van der Waals surface area contributed by atoms with Crippen LogP contribution >= 0.6 is 0 Å². The summed E-state index contributed by atoms with van der Waals surface area (Å²) in [5, 5.41) is 2.77. The zero-order chi connectivity index (χ0) is 24.9. The maximum absolute atomic E-state index is 12.9. The van der Waals surface area contributed by atoms with Crippen LogP contribution in [0.3, 0.4) is 0 Å². The Labute approximate surface area is 202 Å². The van der Waals surface area contributed by atoms with Crippen molar-refractivity contribution in [1.29, 1.82) is 0 Å². The van der Waals surface area contributed by atoms with E-state index in [4.69, 9.17) is 4.74 Å². The number of rotatable bonds is 8. The summed E-state index contributed by atoms with van der Waals surface area (Å²) in [4.78, 5) is 12.7. The van der Waals surface area contributed by atoms with Crippen molar-refractivity contribution in [2.75, 3.05) is 12.4 Å². The van der Waals surface area contributed by atoms with Gasteiger partial charge in [0.25, 0.3) is 5.91 Å². The van der Waals surface area contributed by atoms with Gasteiger partial charge in [-0.25, -0.2) is 8.42 Å². The summed E-state index contributed by atoms with van der Waals surface area (Å²) in [6.07, 6.45) is -0.721. The van der Waals surface area contributed by atoms with E-state index in [0.29, 0.717) is 11.4 Å². The monoisotopic (exact) mass is 480 g/mol. The number of hydrogen-bond acceptors (Lipinski definition) is 4. The third-order valence-corrected chi connectivity index (χ3v) is 7.30. The van der Waals surface area contributed by atoms with Crippen LogP contribution in [-0.2, 0) is 26.8 Å². The van der Waals surface area contributed by atoms with Crippen LogP contribution in [0, 0.1) is 0 Å². The van der Waals surface area contributed by atoms with Crippen LogP contribution in [0.15, 0.2) is 83.8 Å². The van der Waals surface area contributed by atoms with Crippen molar-refractivity contribution in [3.05, 3.63) is 90.0 Å². The van der Waals surface area contributed by atoms with Crippen molar-refractivity contribution >= 4 is 21.6 Å². The summed E-state index contributed by atoms with van der Waals surface area (Å²) in [5.41, 5.74) is 2.62. The van der Waals surface area contributed by atoms with E-state index in [-0.39, 0.29) is 22.8 Å². The quantitative estimate of drug-likeness (QED) is 0.480. The largest absolute Gasteiger partial charge is 0.481 e. The molecule has 0 saturated heterocycles. The molecule has 0 radical (unpaired) electrons. The molecular formula is C27H32N2O4S. The van der Waals surface area contributed by atoms with Gasteiger partial charge >= 0.3 is 0 Å². The molecule has 34 heavy (non-hydrogen) atoms. The molecule has 3 rings (SSSR count). The number of sulfonamides is 1. The first kappa shape index (κ1) is 25.5. The molecule has 0 aliphatic rings. The average Bonchev–Trinajstić information content (AvgIpc) is 2.79. The maximum atomic E-state index is 12.9. The van der Waals surface area contributed by atoms with Crippen LogP contribution in [0.4, 0.5) is 5.69 Å². The third-order valence-electron chi connectivity index (χ3n) is 5.48. The Kier molecular flexibility index (Phi) is 7.79. The van der Waals surface area contributed by atoms with Crippen LogP contribution in [0.1, 0.15) is 38.8 Å². The summed E-state index contributed by atoms with van der Waals surface area (Å²) in [6.45, 7) is 8.35. The molecule has 1 atom stereocenters. The molecule has 0 saturated carbocycles. The highest BCUT2D eigenvalue weighted by atomic mass is 32.2. The lowest BCUT2D eigenvalue weighted by Gasteiger charge is -2.20. The van der Waals surface area contributed by atoms with Crippen molar-refractivity contribution in [3.8, 4) is 5.75 Å². The van der Waals surface area contributed by atoms with E-state index < -0.39 is 16.1 Å². The van der Waals surface area contributed by atoms with Gasteiger partial charge in [0.2, 0.25) is 10.0 Å². The third kappa shape index (κ3) is 6.46. The number of carbonyl (C=O) groups excluding carboxylic acids is 1.